The normalized spacial score (nSPS) is 10.7. The minimum absolute atomic E-state index is 0.0804. The third-order valence-electron chi connectivity index (χ3n) is 2.03. The Morgan fingerprint density at radius 3 is 1.57 bits per heavy atom. The fourth-order valence-electron chi connectivity index (χ4n) is 1.15. The van der Waals surface area contributed by atoms with Crippen LogP contribution in [-0.4, -0.2) is 20.2 Å². The lowest BCUT2D eigenvalue weighted by molar-refractivity contribution is 0.949. The fourth-order valence-corrected chi connectivity index (χ4v) is 1.15. The van der Waals surface area contributed by atoms with Crippen LogP contribution in [0.3, 0.4) is 0 Å². The summed E-state index contributed by atoms with van der Waals surface area (Å²) in [5.74, 6) is 0. The van der Waals surface area contributed by atoms with E-state index in [0.29, 0.717) is 11.4 Å². The van der Waals surface area contributed by atoms with Crippen LogP contribution in [0.25, 0.3) is 11.0 Å². The summed E-state index contributed by atoms with van der Waals surface area (Å²) in [4.78, 5) is 30.6. The van der Waals surface area contributed by atoms with E-state index in [1.807, 2.05) is 0 Å². The average Bonchev–Trinajstić information content (AvgIpc) is 2.15. The number of nitrogens with one attached hydrogen (secondary N) is 2. The standard InChI is InChI=1S/C8H8N4O2/c1-3-4(2)10-6-5(9-3)7(13)11-12-8(6)14/h1-2H3,(H,11,13)(H,12,14). The smallest absolute Gasteiger partial charge is 0.266 e. The van der Waals surface area contributed by atoms with Crippen LogP contribution in [0.2, 0.25) is 0 Å². The maximum absolute atomic E-state index is 11.3. The Kier molecular flexibility index (Phi) is 1.70. The molecule has 2 N–H and O–H groups in total. The van der Waals surface area contributed by atoms with Crippen molar-refractivity contribution >= 4 is 11.0 Å². The molecule has 0 aliphatic carbocycles. The highest BCUT2D eigenvalue weighted by atomic mass is 16.1. The Morgan fingerprint density at radius 2 is 1.21 bits per heavy atom. The zero-order valence-corrected chi connectivity index (χ0v) is 7.71. The van der Waals surface area contributed by atoms with Gasteiger partial charge >= 0.3 is 0 Å². The topological polar surface area (TPSA) is 91.5 Å². The number of fused-ring (bicyclic) bond motifs is 1. The molecule has 14 heavy (non-hydrogen) atoms. The van der Waals surface area contributed by atoms with Crippen molar-refractivity contribution in [3.05, 3.63) is 32.1 Å². The zero-order chi connectivity index (χ0) is 10.3. The minimum atomic E-state index is -0.435. The molecule has 0 amide bonds. The van der Waals surface area contributed by atoms with Crippen LogP contribution in [0.5, 0.6) is 0 Å². The highest BCUT2D eigenvalue weighted by Gasteiger charge is 2.07. The summed E-state index contributed by atoms with van der Waals surface area (Å²) in [6, 6.07) is 0. The molecule has 0 bridgehead atoms. The molecule has 2 rings (SSSR count). The number of H-pyrrole nitrogens is 2. The van der Waals surface area contributed by atoms with Gasteiger partial charge in [-0.25, -0.2) is 9.97 Å². The van der Waals surface area contributed by atoms with Gasteiger partial charge in [-0.3, -0.25) is 19.8 Å². The van der Waals surface area contributed by atoms with E-state index in [4.69, 9.17) is 0 Å². The number of rotatable bonds is 0. The second-order valence-electron chi connectivity index (χ2n) is 3.00. The highest BCUT2D eigenvalue weighted by molar-refractivity contribution is 5.71. The molecule has 0 aliphatic rings. The first-order chi connectivity index (χ1) is 6.59. The van der Waals surface area contributed by atoms with Gasteiger partial charge in [0.25, 0.3) is 11.1 Å². The van der Waals surface area contributed by atoms with E-state index in [0.717, 1.165) is 0 Å². The summed E-state index contributed by atoms with van der Waals surface area (Å²) in [7, 11) is 0. The van der Waals surface area contributed by atoms with Crippen molar-refractivity contribution in [2.24, 2.45) is 0 Å². The lowest BCUT2D eigenvalue weighted by Gasteiger charge is -1.99. The summed E-state index contributed by atoms with van der Waals surface area (Å²) in [5, 5.41) is 4.39. The van der Waals surface area contributed by atoms with Gasteiger partial charge in [-0.15, -0.1) is 0 Å². The molecule has 2 aromatic rings. The molecule has 2 aromatic heterocycles. The van der Waals surface area contributed by atoms with Crippen molar-refractivity contribution in [1.29, 1.82) is 0 Å². The van der Waals surface area contributed by atoms with Crippen molar-refractivity contribution in [3.8, 4) is 0 Å². The first kappa shape index (κ1) is 8.61. The molecule has 0 saturated heterocycles. The Hall–Kier alpha value is -1.98. The van der Waals surface area contributed by atoms with Crippen LogP contribution in [-0.2, 0) is 0 Å². The summed E-state index contributed by atoms with van der Waals surface area (Å²) < 4.78 is 0. The largest absolute Gasteiger partial charge is 0.290 e. The number of hydrogen-bond donors (Lipinski definition) is 2. The first-order valence-electron chi connectivity index (χ1n) is 4.05. The van der Waals surface area contributed by atoms with E-state index in [-0.39, 0.29) is 11.0 Å². The van der Waals surface area contributed by atoms with Crippen molar-refractivity contribution in [2.45, 2.75) is 13.8 Å². The maximum Gasteiger partial charge on any atom is 0.290 e. The Bertz CT molecular complexity index is 556. The minimum Gasteiger partial charge on any atom is -0.266 e. The first-order valence-corrected chi connectivity index (χ1v) is 4.05. The third-order valence-corrected chi connectivity index (χ3v) is 2.03. The van der Waals surface area contributed by atoms with Gasteiger partial charge in [-0.05, 0) is 13.8 Å². The molecular formula is C8H8N4O2. The van der Waals surface area contributed by atoms with Crippen molar-refractivity contribution < 1.29 is 0 Å². The third kappa shape index (κ3) is 1.12. The van der Waals surface area contributed by atoms with E-state index in [2.05, 4.69) is 20.2 Å². The van der Waals surface area contributed by atoms with Gasteiger partial charge in [0.15, 0.2) is 11.0 Å². The van der Waals surface area contributed by atoms with Crippen LogP contribution in [0.4, 0.5) is 0 Å². The predicted molar refractivity (Wildman–Crippen MR) is 50.3 cm³/mol. The predicted octanol–water partition coefficient (Wildman–Crippen LogP) is -0.377. The van der Waals surface area contributed by atoms with Gasteiger partial charge in [0.1, 0.15) is 0 Å². The molecule has 0 spiro atoms. The van der Waals surface area contributed by atoms with Crippen LogP contribution in [0.1, 0.15) is 11.4 Å². The van der Waals surface area contributed by atoms with Crippen LogP contribution in [0, 0.1) is 13.8 Å². The van der Waals surface area contributed by atoms with E-state index >= 15 is 0 Å². The Labute approximate surface area is 78.0 Å². The molecule has 6 heteroatoms. The Balaban J connectivity index is 3.10. The SMILES string of the molecule is Cc1nc2c(=O)[nH][nH]c(=O)c2nc1C. The lowest BCUT2D eigenvalue weighted by Crippen LogP contribution is -2.21. The molecule has 0 atom stereocenters. The molecule has 0 radical (unpaired) electrons. The molecule has 6 nitrogen and oxygen atoms in total. The molecule has 0 saturated carbocycles. The van der Waals surface area contributed by atoms with Gasteiger partial charge in [0, 0.05) is 0 Å². The molecule has 72 valence electrons. The van der Waals surface area contributed by atoms with Crippen LogP contribution >= 0.6 is 0 Å². The van der Waals surface area contributed by atoms with Gasteiger partial charge < -0.3 is 0 Å². The van der Waals surface area contributed by atoms with Gasteiger partial charge in [0.2, 0.25) is 0 Å². The van der Waals surface area contributed by atoms with E-state index in [1.54, 1.807) is 13.8 Å². The summed E-state index contributed by atoms with van der Waals surface area (Å²) >= 11 is 0. The second kappa shape index (κ2) is 2.76. The second-order valence-corrected chi connectivity index (χ2v) is 3.00. The van der Waals surface area contributed by atoms with E-state index < -0.39 is 11.1 Å². The summed E-state index contributed by atoms with van der Waals surface area (Å²) in [6.07, 6.45) is 0. The molecule has 0 aromatic carbocycles. The lowest BCUT2D eigenvalue weighted by atomic mass is 10.3. The summed E-state index contributed by atoms with van der Waals surface area (Å²) in [5.41, 5.74) is 0.585. The van der Waals surface area contributed by atoms with Crippen molar-refractivity contribution in [3.63, 3.8) is 0 Å². The van der Waals surface area contributed by atoms with Crippen molar-refractivity contribution in [2.75, 3.05) is 0 Å². The zero-order valence-electron chi connectivity index (χ0n) is 7.71. The Morgan fingerprint density at radius 1 is 0.857 bits per heavy atom. The van der Waals surface area contributed by atoms with Crippen molar-refractivity contribution in [1.82, 2.24) is 20.2 Å². The molecule has 2 heterocycles. The number of aromatic amines is 2. The number of aryl methyl sites for hydroxylation is 2. The van der Waals surface area contributed by atoms with E-state index in [1.165, 1.54) is 0 Å². The van der Waals surface area contributed by atoms with Gasteiger partial charge in [0.05, 0.1) is 11.4 Å². The summed E-state index contributed by atoms with van der Waals surface area (Å²) in [6.45, 7) is 3.48. The maximum atomic E-state index is 11.3. The number of hydrogen-bond acceptors (Lipinski definition) is 4. The van der Waals surface area contributed by atoms with Crippen LogP contribution in [0.15, 0.2) is 9.59 Å². The molecule has 0 aliphatic heterocycles. The molecule has 0 unspecified atom stereocenters. The number of aromatic nitrogens is 4. The van der Waals surface area contributed by atoms with Gasteiger partial charge in [-0.2, -0.15) is 0 Å². The molecule has 0 fully saturated rings. The molecular weight excluding hydrogens is 184 g/mol. The fraction of sp³-hybridized carbons (Fsp3) is 0.250. The van der Waals surface area contributed by atoms with Crippen LogP contribution < -0.4 is 11.1 Å². The van der Waals surface area contributed by atoms with Gasteiger partial charge in [-0.1, -0.05) is 0 Å². The monoisotopic (exact) mass is 192 g/mol. The highest BCUT2D eigenvalue weighted by Crippen LogP contribution is 2.02. The van der Waals surface area contributed by atoms with E-state index in [9.17, 15) is 9.59 Å². The number of nitrogens with zero attached hydrogens (tertiary/aromatic N) is 2. The quantitative estimate of drug-likeness (QED) is 0.595. The average molecular weight is 192 g/mol.